The SMILES string of the molecule is CCCC1CCCN(C(CN)c2cccc(F)c2F)CC1. The Morgan fingerprint density at radius 2 is 2.10 bits per heavy atom. The Morgan fingerprint density at radius 1 is 1.29 bits per heavy atom. The molecule has 0 radical (unpaired) electrons. The summed E-state index contributed by atoms with van der Waals surface area (Å²) in [4.78, 5) is 2.23. The van der Waals surface area contributed by atoms with Gasteiger partial charge in [-0.1, -0.05) is 31.9 Å². The standard InChI is InChI=1S/C17H26F2N2/c1-2-5-13-6-4-10-21(11-9-13)16(12-20)14-7-3-8-15(18)17(14)19/h3,7-8,13,16H,2,4-6,9-12,20H2,1H3. The Morgan fingerprint density at radius 3 is 2.81 bits per heavy atom. The lowest BCUT2D eigenvalue weighted by Crippen LogP contribution is -2.35. The van der Waals surface area contributed by atoms with Gasteiger partial charge in [-0.3, -0.25) is 4.90 Å². The van der Waals surface area contributed by atoms with E-state index < -0.39 is 11.6 Å². The lowest BCUT2D eigenvalue weighted by molar-refractivity contribution is 0.201. The number of hydrogen-bond acceptors (Lipinski definition) is 2. The molecule has 118 valence electrons. The van der Waals surface area contributed by atoms with Gasteiger partial charge in [-0.2, -0.15) is 0 Å². The zero-order valence-corrected chi connectivity index (χ0v) is 12.8. The van der Waals surface area contributed by atoms with Crippen LogP contribution in [0.15, 0.2) is 18.2 Å². The second-order valence-corrected chi connectivity index (χ2v) is 6.02. The van der Waals surface area contributed by atoms with Crippen LogP contribution in [0, 0.1) is 17.6 Å². The maximum atomic E-state index is 14.0. The third-order valence-electron chi connectivity index (χ3n) is 4.58. The van der Waals surface area contributed by atoms with Crippen LogP contribution in [-0.4, -0.2) is 24.5 Å². The van der Waals surface area contributed by atoms with E-state index in [1.807, 2.05) is 0 Å². The molecule has 1 fully saturated rings. The van der Waals surface area contributed by atoms with E-state index in [1.54, 1.807) is 12.1 Å². The highest BCUT2D eigenvalue weighted by Gasteiger charge is 2.26. The van der Waals surface area contributed by atoms with Crippen molar-refractivity contribution in [3.8, 4) is 0 Å². The topological polar surface area (TPSA) is 29.3 Å². The van der Waals surface area contributed by atoms with Crippen LogP contribution in [0.5, 0.6) is 0 Å². The van der Waals surface area contributed by atoms with Crippen LogP contribution < -0.4 is 5.73 Å². The molecule has 4 heteroatoms. The van der Waals surface area contributed by atoms with Gasteiger partial charge in [0.15, 0.2) is 11.6 Å². The highest BCUT2D eigenvalue weighted by Crippen LogP contribution is 2.29. The summed E-state index contributed by atoms with van der Waals surface area (Å²) in [6.45, 7) is 4.37. The molecule has 1 aromatic rings. The van der Waals surface area contributed by atoms with Gasteiger partial charge in [0, 0.05) is 12.1 Å². The summed E-state index contributed by atoms with van der Waals surface area (Å²) in [5, 5.41) is 0. The highest BCUT2D eigenvalue weighted by atomic mass is 19.2. The monoisotopic (exact) mass is 296 g/mol. The first-order chi connectivity index (χ1) is 10.2. The molecule has 1 aliphatic heterocycles. The Labute approximate surface area is 126 Å². The Kier molecular flexibility index (Phi) is 6.12. The van der Waals surface area contributed by atoms with Crippen LogP contribution in [-0.2, 0) is 0 Å². The van der Waals surface area contributed by atoms with Crippen molar-refractivity contribution in [2.45, 2.75) is 45.1 Å². The molecule has 0 bridgehead atoms. The quantitative estimate of drug-likeness (QED) is 0.894. The smallest absolute Gasteiger partial charge is 0.163 e. The van der Waals surface area contributed by atoms with Crippen molar-refractivity contribution >= 4 is 0 Å². The molecule has 21 heavy (non-hydrogen) atoms. The van der Waals surface area contributed by atoms with Crippen molar-refractivity contribution < 1.29 is 8.78 Å². The van der Waals surface area contributed by atoms with E-state index in [0.717, 1.165) is 37.9 Å². The van der Waals surface area contributed by atoms with Gasteiger partial charge in [-0.25, -0.2) is 8.78 Å². The number of nitrogens with zero attached hydrogens (tertiary/aromatic N) is 1. The zero-order chi connectivity index (χ0) is 15.2. The number of halogens is 2. The summed E-state index contributed by atoms with van der Waals surface area (Å²) in [6, 6.07) is 4.16. The summed E-state index contributed by atoms with van der Waals surface area (Å²) in [7, 11) is 0. The molecule has 2 rings (SSSR count). The van der Waals surface area contributed by atoms with Crippen LogP contribution in [0.25, 0.3) is 0 Å². The molecule has 1 aliphatic rings. The average Bonchev–Trinajstić information content (AvgIpc) is 2.71. The Bertz CT molecular complexity index is 450. The third-order valence-corrected chi connectivity index (χ3v) is 4.58. The first-order valence-corrected chi connectivity index (χ1v) is 8.05. The van der Waals surface area contributed by atoms with E-state index >= 15 is 0 Å². The van der Waals surface area contributed by atoms with Gasteiger partial charge in [0.1, 0.15) is 0 Å². The number of likely N-dealkylation sites (tertiary alicyclic amines) is 1. The van der Waals surface area contributed by atoms with Gasteiger partial charge >= 0.3 is 0 Å². The summed E-state index contributed by atoms with van der Waals surface area (Å²) in [5.74, 6) is -0.775. The predicted octanol–water partition coefficient (Wildman–Crippen LogP) is 3.87. The molecule has 1 aromatic carbocycles. The average molecular weight is 296 g/mol. The molecule has 2 nitrogen and oxygen atoms in total. The molecule has 2 atom stereocenters. The van der Waals surface area contributed by atoms with E-state index in [0.29, 0.717) is 12.1 Å². The van der Waals surface area contributed by atoms with E-state index in [2.05, 4.69) is 11.8 Å². The van der Waals surface area contributed by atoms with E-state index in [4.69, 9.17) is 5.73 Å². The van der Waals surface area contributed by atoms with Crippen molar-refractivity contribution in [3.63, 3.8) is 0 Å². The van der Waals surface area contributed by atoms with Crippen LogP contribution in [0.4, 0.5) is 8.78 Å². The second-order valence-electron chi connectivity index (χ2n) is 6.02. The van der Waals surface area contributed by atoms with Crippen LogP contribution in [0.1, 0.15) is 50.6 Å². The first-order valence-electron chi connectivity index (χ1n) is 8.05. The van der Waals surface area contributed by atoms with Gasteiger partial charge < -0.3 is 5.73 Å². The van der Waals surface area contributed by atoms with Gasteiger partial charge in [0.05, 0.1) is 6.04 Å². The molecule has 0 aromatic heterocycles. The number of benzene rings is 1. The molecule has 1 heterocycles. The summed E-state index contributed by atoms with van der Waals surface area (Å²) < 4.78 is 27.5. The molecule has 0 spiro atoms. The van der Waals surface area contributed by atoms with E-state index in [9.17, 15) is 8.78 Å². The molecule has 1 saturated heterocycles. The van der Waals surface area contributed by atoms with Crippen LogP contribution >= 0.6 is 0 Å². The number of hydrogen-bond donors (Lipinski definition) is 1. The van der Waals surface area contributed by atoms with Gasteiger partial charge in [-0.05, 0) is 44.3 Å². The number of nitrogens with two attached hydrogens (primary N) is 1. The maximum Gasteiger partial charge on any atom is 0.163 e. The maximum absolute atomic E-state index is 14.0. The minimum Gasteiger partial charge on any atom is -0.329 e. The van der Waals surface area contributed by atoms with Crippen LogP contribution in [0.3, 0.4) is 0 Å². The lowest BCUT2D eigenvalue weighted by Gasteiger charge is -2.30. The minimum absolute atomic E-state index is 0.221. The lowest BCUT2D eigenvalue weighted by atomic mass is 9.96. The minimum atomic E-state index is -0.787. The fraction of sp³-hybridized carbons (Fsp3) is 0.647. The zero-order valence-electron chi connectivity index (χ0n) is 12.8. The first kappa shape index (κ1) is 16.4. The fourth-order valence-electron chi connectivity index (χ4n) is 3.45. The van der Waals surface area contributed by atoms with Gasteiger partial charge in [-0.15, -0.1) is 0 Å². The molecule has 2 unspecified atom stereocenters. The van der Waals surface area contributed by atoms with E-state index in [1.165, 1.54) is 19.3 Å². The second kappa shape index (κ2) is 7.85. The normalized spacial score (nSPS) is 22.0. The predicted molar refractivity (Wildman–Crippen MR) is 82.0 cm³/mol. The van der Waals surface area contributed by atoms with Crippen molar-refractivity contribution in [1.29, 1.82) is 0 Å². The van der Waals surface area contributed by atoms with Crippen molar-refractivity contribution in [2.75, 3.05) is 19.6 Å². The van der Waals surface area contributed by atoms with Crippen molar-refractivity contribution in [1.82, 2.24) is 4.90 Å². The fourth-order valence-corrected chi connectivity index (χ4v) is 3.45. The van der Waals surface area contributed by atoms with Crippen molar-refractivity contribution in [3.05, 3.63) is 35.4 Å². The molecular weight excluding hydrogens is 270 g/mol. The van der Waals surface area contributed by atoms with Crippen LogP contribution in [0.2, 0.25) is 0 Å². The van der Waals surface area contributed by atoms with Crippen molar-refractivity contribution in [2.24, 2.45) is 11.7 Å². The largest absolute Gasteiger partial charge is 0.329 e. The third kappa shape index (κ3) is 4.01. The van der Waals surface area contributed by atoms with E-state index in [-0.39, 0.29) is 6.04 Å². The molecular formula is C17H26F2N2. The highest BCUT2D eigenvalue weighted by molar-refractivity contribution is 5.23. The van der Waals surface area contributed by atoms with Gasteiger partial charge in [0.25, 0.3) is 0 Å². The molecule has 0 aliphatic carbocycles. The Balaban J connectivity index is 2.12. The molecule has 2 N–H and O–H groups in total. The number of rotatable bonds is 5. The molecule has 0 amide bonds. The summed E-state index contributed by atoms with van der Waals surface area (Å²) >= 11 is 0. The van der Waals surface area contributed by atoms with Gasteiger partial charge in [0.2, 0.25) is 0 Å². The summed E-state index contributed by atoms with van der Waals surface area (Å²) in [5.41, 5.74) is 6.26. The Hall–Kier alpha value is -1.00. The summed E-state index contributed by atoms with van der Waals surface area (Å²) in [6.07, 6.45) is 5.94. The molecule has 0 saturated carbocycles.